The first-order valence-corrected chi connectivity index (χ1v) is 5.63. The van der Waals surface area contributed by atoms with Gasteiger partial charge in [-0.05, 0) is 13.8 Å². The van der Waals surface area contributed by atoms with Crippen molar-refractivity contribution in [3.63, 3.8) is 0 Å². The van der Waals surface area contributed by atoms with E-state index in [4.69, 9.17) is 9.47 Å². The molecule has 1 unspecified atom stereocenters. The molecule has 1 aromatic heterocycles. The lowest BCUT2D eigenvalue weighted by Gasteiger charge is -2.07. The molecule has 0 aliphatic carbocycles. The molecule has 1 rings (SSSR count). The molecule has 2 N–H and O–H groups in total. The molecule has 0 radical (unpaired) electrons. The Labute approximate surface area is 96.6 Å². The molecule has 1 heterocycles. The fourth-order valence-electron chi connectivity index (χ4n) is 1.40. The maximum Gasteiger partial charge on any atom is 0.135 e. The predicted molar refractivity (Wildman–Crippen MR) is 62.2 cm³/mol. The number of hydrogen-bond donors (Lipinski definition) is 2. The van der Waals surface area contributed by atoms with Crippen LogP contribution in [-0.2, 0) is 16.0 Å². The second-order valence-corrected chi connectivity index (χ2v) is 3.56. The lowest BCUT2D eigenvalue weighted by atomic mass is 10.4. The van der Waals surface area contributed by atoms with E-state index in [1.807, 2.05) is 20.0 Å². The Morgan fingerprint density at radius 3 is 3.06 bits per heavy atom. The fourth-order valence-corrected chi connectivity index (χ4v) is 1.40. The van der Waals surface area contributed by atoms with Gasteiger partial charge in [0.25, 0.3) is 0 Å². The van der Waals surface area contributed by atoms with Crippen molar-refractivity contribution in [2.45, 2.75) is 26.5 Å². The molecular weight excluding hydrogens is 206 g/mol. The highest BCUT2D eigenvalue weighted by Crippen LogP contribution is 2.12. The van der Waals surface area contributed by atoms with Crippen LogP contribution in [0.2, 0.25) is 0 Å². The van der Waals surface area contributed by atoms with Gasteiger partial charge in [-0.2, -0.15) is 0 Å². The van der Waals surface area contributed by atoms with E-state index < -0.39 is 0 Å². The third kappa shape index (κ3) is 4.30. The number of ether oxygens (including phenoxy) is 2. The van der Waals surface area contributed by atoms with Crippen molar-refractivity contribution in [1.29, 1.82) is 0 Å². The average Bonchev–Trinajstić information content (AvgIpc) is 2.73. The predicted octanol–water partition coefficient (Wildman–Crippen LogP) is 1.24. The summed E-state index contributed by atoms with van der Waals surface area (Å²) in [6.45, 7) is 7.00. The molecule has 1 atom stereocenters. The summed E-state index contributed by atoms with van der Waals surface area (Å²) in [5.74, 6) is 0.880. The van der Waals surface area contributed by atoms with E-state index in [1.54, 1.807) is 7.11 Å². The summed E-state index contributed by atoms with van der Waals surface area (Å²) >= 11 is 0. The maximum atomic E-state index is 5.45. The van der Waals surface area contributed by atoms with Gasteiger partial charge in [0.05, 0.1) is 6.61 Å². The van der Waals surface area contributed by atoms with Gasteiger partial charge in [0.1, 0.15) is 11.9 Å². The Balaban J connectivity index is 2.33. The summed E-state index contributed by atoms with van der Waals surface area (Å²) in [7, 11) is 1.69. The van der Waals surface area contributed by atoms with E-state index in [-0.39, 0.29) is 6.10 Å². The topological polar surface area (TPSA) is 59.2 Å². The zero-order chi connectivity index (χ0) is 11.8. The second kappa shape index (κ2) is 7.38. The molecule has 0 aliphatic rings. The van der Waals surface area contributed by atoms with E-state index in [9.17, 15) is 0 Å². The van der Waals surface area contributed by atoms with Crippen molar-refractivity contribution >= 4 is 0 Å². The number of H-pyrrole nitrogens is 1. The number of hydrogen-bond acceptors (Lipinski definition) is 4. The van der Waals surface area contributed by atoms with Crippen LogP contribution in [0.3, 0.4) is 0 Å². The Morgan fingerprint density at radius 2 is 2.38 bits per heavy atom. The smallest absolute Gasteiger partial charge is 0.135 e. The van der Waals surface area contributed by atoms with Gasteiger partial charge >= 0.3 is 0 Å². The molecule has 1 aromatic rings. The van der Waals surface area contributed by atoms with E-state index in [2.05, 4.69) is 15.3 Å². The van der Waals surface area contributed by atoms with Crippen LogP contribution in [0.1, 0.15) is 31.5 Å². The van der Waals surface area contributed by atoms with Crippen molar-refractivity contribution in [1.82, 2.24) is 15.3 Å². The number of imidazole rings is 1. The molecular formula is C11H21N3O2. The fraction of sp³-hybridized carbons (Fsp3) is 0.727. The molecule has 0 saturated heterocycles. The van der Waals surface area contributed by atoms with Gasteiger partial charge in [-0.1, -0.05) is 0 Å². The van der Waals surface area contributed by atoms with Crippen molar-refractivity contribution in [3.05, 3.63) is 17.7 Å². The number of rotatable bonds is 8. The van der Waals surface area contributed by atoms with Crippen LogP contribution in [0, 0.1) is 0 Å². The number of nitrogens with zero attached hydrogens (tertiary/aromatic N) is 1. The molecule has 0 saturated carbocycles. The molecule has 5 heteroatoms. The van der Waals surface area contributed by atoms with Crippen LogP contribution >= 0.6 is 0 Å². The minimum Gasteiger partial charge on any atom is -0.383 e. The van der Waals surface area contributed by atoms with Crippen molar-refractivity contribution < 1.29 is 9.47 Å². The summed E-state index contributed by atoms with van der Waals surface area (Å²) in [4.78, 5) is 7.52. The summed E-state index contributed by atoms with van der Waals surface area (Å²) in [5, 5.41) is 3.25. The number of nitrogens with one attached hydrogen (secondary N) is 2. The molecule has 0 amide bonds. The normalized spacial score (nSPS) is 12.9. The highest BCUT2D eigenvalue weighted by atomic mass is 16.5. The molecule has 0 spiro atoms. The van der Waals surface area contributed by atoms with Gasteiger partial charge in [-0.3, -0.25) is 0 Å². The zero-order valence-corrected chi connectivity index (χ0v) is 10.2. The lowest BCUT2D eigenvalue weighted by Crippen LogP contribution is -2.18. The molecule has 0 aliphatic heterocycles. The van der Waals surface area contributed by atoms with Crippen molar-refractivity contribution in [2.75, 3.05) is 26.9 Å². The van der Waals surface area contributed by atoms with Crippen LogP contribution in [0.25, 0.3) is 0 Å². The first-order chi connectivity index (χ1) is 7.77. The van der Waals surface area contributed by atoms with Crippen LogP contribution in [0.4, 0.5) is 0 Å². The monoisotopic (exact) mass is 227 g/mol. The molecule has 92 valence electrons. The van der Waals surface area contributed by atoms with E-state index in [0.717, 1.165) is 31.2 Å². The van der Waals surface area contributed by atoms with E-state index >= 15 is 0 Å². The molecule has 0 bridgehead atoms. The molecule has 5 nitrogen and oxygen atoms in total. The summed E-state index contributed by atoms with van der Waals surface area (Å²) in [6, 6.07) is 0. The van der Waals surface area contributed by atoms with Crippen molar-refractivity contribution in [2.24, 2.45) is 0 Å². The molecule has 0 fully saturated rings. The maximum absolute atomic E-state index is 5.45. The highest BCUT2D eigenvalue weighted by molar-refractivity contribution is 5.02. The SMILES string of the molecule is CCOC(C)c1ncc(CNCCOC)[nH]1. The van der Waals surface area contributed by atoms with E-state index in [0.29, 0.717) is 6.61 Å². The quantitative estimate of drug-likeness (QED) is 0.656. The first-order valence-electron chi connectivity index (χ1n) is 5.63. The van der Waals surface area contributed by atoms with Crippen LogP contribution < -0.4 is 5.32 Å². The number of aromatic nitrogens is 2. The van der Waals surface area contributed by atoms with Gasteiger partial charge in [-0.15, -0.1) is 0 Å². The summed E-state index contributed by atoms with van der Waals surface area (Å²) in [5.41, 5.74) is 1.07. The Bertz CT molecular complexity index is 289. The summed E-state index contributed by atoms with van der Waals surface area (Å²) < 4.78 is 10.4. The molecule has 16 heavy (non-hydrogen) atoms. The second-order valence-electron chi connectivity index (χ2n) is 3.56. The van der Waals surface area contributed by atoms with Gasteiger partial charge in [0, 0.05) is 38.7 Å². The van der Waals surface area contributed by atoms with Gasteiger partial charge < -0.3 is 19.8 Å². The Kier molecular flexibility index (Phi) is 6.07. The number of methoxy groups -OCH3 is 1. The Hall–Kier alpha value is -0.910. The van der Waals surface area contributed by atoms with Gasteiger partial charge in [0.15, 0.2) is 0 Å². The summed E-state index contributed by atoms with van der Waals surface area (Å²) in [6.07, 6.45) is 1.86. The first kappa shape index (κ1) is 13.2. The molecule has 0 aromatic carbocycles. The minimum absolute atomic E-state index is 0.0257. The van der Waals surface area contributed by atoms with Gasteiger partial charge in [0.2, 0.25) is 0 Å². The van der Waals surface area contributed by atoms with Crippen LogP contribution in [-0.4, -0.2) is 36.8 Å². The van der Waals surface area contributed by atoms with Gasteiger partial charge in [-0.25, -0.2) is 4.98 Å². The highest BCUT2D eigenvalue weighted by Gasteiger charge is 2.08. The Morgan fingerprint density at radius 1 is 1.56 bits per heavy atom. The lowest BCUT2D eigenvalue weighted by molar-refractivity contribution is 0.0706. The third-order valence-corrected chi connectivity index (χ3v) is 2.25. The minimum atomic E-state index is 0.0257. The van der Waals surface area contributed by atoms with E-state index in [1.165, 1.54) is 0 Å². The zero-order valence-electron chi connectivity index (χ0n) is 10.2. The van der Waals surface area contributed by atoms with Crippen LogP contribution in [0.15, 0.2) is 6.20 Å². The van der Waals surface area contributed by atoms with Crippen LogP contribution in [0.5, 0.6) is 0 Å². The number of aromatic amines is 1. The van der Waals surface area contributed by atoms with Crippen molar-refractivity contribution in [3.8, 4) is 0 Å². The average molecular weight is 227 g/mol. The standard InChI is InChI=1S/C11H21N3O2/c1-4-16-9(2)11-13-8-10(14-11)7-12-5-6-15-3/h8-9,12H,4-7H2,1-3H3,(H,13,14). The largest absolute Gasteiger partial charge is 0.383 e. The third-order valence-electron chi connectivity index (χ3n) is 2.25.